The van der Waals surface area contributed by atoms with Crippen molar-refractivity contribution in [1.29, 1.82) is 0 Å². The van der Waals surface area contributed by atoms with Crippen LogP contribution < -0.4 is 9.47 Å². The van der Waals surface area contributed by atoms with Crippen LogP contribution in [0, 0.1) is 0 Å². The van der Waals surface area contributed by atoms with E-state index < -0.39 is 10.8 Å². The summed E-state index contributed by atoms with van der Waals surface area (Å²) in [5.41, 5.74) is 15.7. The van der Waals surface area contributed by atoms with Gasteiger partial charge in [-0.05, 0) is 79.2 Å². The van der Waals surface area contributed by atoms with Crippen molar-refractivity contribution < 1.29 is 13.9 Å². The van der Waals surface area contributed by atoms with Crippen molar-refractivity contribution in [2.24, 2.45) is 0 Å². The molecule has 0 unspecified atom stereocenters. The van der Waals surface area contributed by atoms with Crippen molar-refractivity contribution >= 4 is 43.5 Å². The molecule has 0 saturated carbocycles. The smallest absolute Gasteiger partial charge is 0.143 e. The van der Waals surface area contributed by atoms with Crippen LogP contribution in [0.4, 0.5) is 0 Å². The van der Waals surface area contributed by atoms with E-state index in [0.717, 1.165) is 122 Å². The predicted octanol–water partition coefficient (Wildman–Crippen LogP) is 19.9. The van der Waals surface area contributed by atoms with Gasteiger partial charge in [0.1, 0.15) is 34.2 Å². The lowest BCUT2D eigenvalue weighted by atomic mass is 9.63. The molecule has 3 heteroatoms. The van der Waals surface area contributed by atoms with Gasteiger partial charge in [0.25, 0.3) is 0 Å². The Morgan fingerprint density at radius 3 is 1.08 bits per heavy atom. The van der Waals surface area contributed by atoms with Gasteiger partial charge in [0.05, 0.1) is 10.8 Å². The van der Waals surface area contributed by atoms with Crippen LogP contribution in [0.25, 0.3) is 76.9 Å². The molecule has 0 N–H and O–H groups in total. The van der Waals surface area contributed by atoms with E-state index in [2.05, 4.69) is 285 Å². The average molecular weight is 1010 g/mol. The van der Waals surface area contributed by atoms with Crippen molar-refractivity contribution in [3.05, 3.63) is 336 Å². The average Bonchev–Trinajstić information content (AvgIpc) is 4.11. The summed E-state index contributed by atoms with van der Waals surface area (Å²) in [6.45, 7) is 0. The molecule has 370 valence electrons. The summed E-state index contributed by atoms with van der Waals surface area (Å²) < 4.78 is 21.7. The number of para-hydroxylation sites is 6. The second kappa shape index (κ2) is 17.7. The highest BCUT2D eigenvalue weighted by atomic mass is 16.5. The van der Waals surface area contributed by atoms with Crippen LogP contribution in [0.5, 0.6) is 23.0 Å². The maximum Gasteiger partial charge on any atom is 0.143 e. The Morgan fingerprint density at radius 2 is 0.595 bits per heavy atom. The Morgan fingerprint density at radius 1 is 0.241 bits per heavy atom. The van der Waals surface area contributed by atoms with Gasteiger partial charge in [0.15, 0.2) is 0 Å². The topological polar surface area (TPSA) is 31.6 Å². The standard InChI is InChI=1S/C76H48O3/c1-5-24-49(25-6-1)75(50-26-7-2-8-27-50)64-41-14-17-46-69(64)78-73-58(38-22-43-66(73)75)53-33-19-35-56-62(53)48-63-54(34-20-36-57(63)71(56)61-40-21-37-60-55-32-13-16-45-68(55)77-72(60)61)59-39-23-44-67-74(59)79-70-47-18-15-42-65(70)76(67,51-28-9-3-10-29-51)52-30-11-4-12-31-52/h1-48H. The molecule has 16 rings (SSSR count). The molecular formula is C76H48O3. The fourth-order valence-electron chi connectivity index (χ4n) is 13.8. The Labute approximate surface area is 457 Å². The molecule has 2 aliphatic heterocycles. The number of hydrogen-bond donors (Lipinski definition) is 0. The van der Waals surface area contributed by atoms with Crippen molar-refractivity contribution in [3.8, 4) is 56.4 Å². The van der Waals surface area contributed by atoms with Crippen molar-refractivity contribution in [2.75, 3.05) is 0 Å². The van der Waals surface area contributed by atoms with Gasteiger partial charge in [-0.1, -0.05) is 267 Å². The predicted molar refractivity (Wildman–Crippen MR) is 322 cm³/mol. The van der Waals surface area contributed by atoms with Gasteiger partial charge in [-0.3, -0.25) is 0 Å². The minimum atomic E-state index is -0.686. The van der Waals surface area contributed by atoms with Gasteiger partial charge < -0.3 is 13.9 Å². The molecule has 2 aliphatic rings. The normalized spacial score (nSPS) is 13.7. The van der Waals surface area contributed by atoms with Crippen LogP contribution in [-0.4, -0.2) is 0 Å². The molecule has 79 heavy (non-hydrogen) atoms. The van der Waals surface area contributed by atoms with Crippen LogP contribution in [-0.2, 0) is 10.8 Å². The molecule has 3 nitrogen and oxygen atoms in total. The van der Waals surface area contributed by atoms with E-state index in [1.165, 1.54) is 22.3 Å². The van der Waals surface area contributed by atoms with Gasteiger partial charge in [-0.2, -0.15) is 0 Å². The Hall–Kier alpha value is -10.2. The fraction of sp³-hybridized carbons (Fsp3) is 0.0263. The Bertz CT molecular complexity index is 4390. The van der Waals surface area contributed by atoms with Crippen LogP contribution in [0.3, 0.4) is 0 Å². The molecule has 3 heterocycles. The lowest BCUT2D eigenvalue weighted by Crippen LogP contribution is -2.34. The second-order valence-electron chi connectivity index (χ2n) is 20.9. The first-order chi connectivity index (χ1) is 39.2. The van der Waals surface area contributed by atoms with Gasteiger partial charge in [0, 0.05) is 55.3 Å². The molecule has 0 aliphatic carbocycles. The summed E-state index contributed by atoms with van der Waals surface area (Å²) in [6.07, 6.45) is 0. The summed E-state index contributed by atoms with van der Waals surface area (Å²) >= 11 is 0. The third-order valence-corrected chi connectivity index (χ3v) is 17.0. The number of fused-ring (bicyclic) bond motifs is 9. The minimum Gasteiger partial charge on any atom is -0.456 e. The maximum atomic E-state index is 7.35. The van der Waals surface area contributed by atoms with Crippen LogP contribution >= 0.6 is 0 Å². The summed E-state index contributed by atoms with van der Waals surface area (Å²) in [5, 5.41) is 6.56. The van der Waals surface area contributed by atoms with Crippen molar-refractivity contribution in [3.63, 3.8) is 0 Å². The molecule has 1 aromatic heterocycles. The van der Waals surface area contributed by atoms with E-state index in [0.29, 0.717) is 0 Å². The minimum absolute atomic E-state index is 0.686. The van der Waals surface area contributed by atoms with Gasteiger partial charge in [0.2, 0.25) is 0 Å². The molecule has 13 aromatic carbocycles. The van der Waals surface area contributed by atoms with Gasteiger partial charge >= 0.3 is 0 Å². The number of rotatable bonds is 7. The van der Waals surface area contributed by atoms with E-state index in [1.807, 2.05) is 6.07 Å². The Kier molecular flexibility index (Phi) is 10.1. The quantitative estimate of drug-likeness (QED) is 0.149. The van der Waals surface area contributed by atoms with E-state index in [1.54, 1.807) is 0 Å². The molecule has 0 spiro atoms. The lowest BCUT2D eigenvalue weighted by Gasteiger charge is -2.42. The zero-order valence-electron chi connectivity index (χ0n) is 42.9. The first kappa shape index (κ1) is 45.0. The fourth-order valence-corrected chi connectivity index (χ4v) is 13.8. The third kappa shape index (κ3) is 6.48. The van der Waals surface area contributed by atoms with Gasteiger partial charge in [-0.15, -0.1) is 0 Å². The van der Waals surface area contributed by atoms with E-state index in [9.17, 15) is 0 Å². The molecule has 0 atom stereocenters. The lowest BCUT2D eigenvalue weighted by molar-refractivity contribution is 0.436. The molecule has 0 amide bonds. The van der Waals surface area contributed by atoms with Gasteiger partial charge in [-0.25, -0.2) is 0 Å². The van der Waals surface area contributed by atoms with Crippen molar-refractivity contribution in [2.45, 2.75) is 10.8 Å². The molecule has 14 aromatic rings. The SMILES string of the molecule is c1ccc(C2(c3ccccc3)c3ccccc3Oc3c(-c4cccc5c(-c6cccc7c6oc6ccccc67)c6cccc(-c7cccc8c7Oc7ccccc7C8(c7ccccc7)c7ccccc7)c6cc45)cccc32)cc1. The molecule has 0 saturated heterocycles. The highest BCUT2D eigenvalue weighted by Crippen LogP contribution is 2.60. The zero-order valence-corrected chi connectivity index (χ0v) is 42.9. The number of ether oxygens (including phenoxy) is 2. The summed E-state index contributed by atoms with van der Waals surface area (Å²) in [6, 6.07) is 105. The molecule has 0 bridgehead atoms. The second-order valence-corrected chi connectivity index (χ2v) is 20.9. The van der Waals surface area contributed by atoms with E-state index in [-0.39, 0.29) is 0 Å². The highest BCUT2D eigenvalue weighted by Gasteiger charge is 2.47. The van der Waals surface area contributed by atoms with Crippen LogP contribution in [0.15, 0.2) is 296 Å². The summed E-state index contributed by atoms with van der Waals surface area (Å²) in [7, 11) is 0. The molecular weight excluding hydrogens is 961 g/mol. The van der Waals surface area contributed by atoms with E-state index in [4.69, 9.17) is 13.9 Å². The third-order valence-electron chi connectivity index (χ3n) is 17.0. The summed E-state index contributed by atoms with van der Waals surface area (Å²) in [4.78, 5) is 0. The first-order valence-corrected chi connectivity index (χ1v) is 27.1. The van der Waals surface area contributed by atoms with Crippen LogP contribution in [0.1, 0.15) is 44.5 Å². The first-order valence-electron chi connectivity index (χ1n) is 27.1. The highest BCUT2D eigenvalue weighted by molar-refractivity contribution is 6.23. The zero-order chi connectivity index (χ0) is 52.1. The number of hydrogen-bond acceptors (Lipinski definition) is 3. The Balaban J connectivity index is 1.02. The van der Waals surface area contributed by atoms with E-state index >= 15 is 0 Å². The number of furan rings is 1. The monoisotopic (exact) mass is 1010 g/mol. The van der Waals surface area contributed by atoms with Crippen LogP contribution in [0.2, 0.25) is 0 Å². The molecule has 0 fully saturated rings. The number of benzene rings is 13. The van der Waals surface area contributed by atoms with Crippen molar-refractivity contribution in [1.82, 2.24) is 0 Å². The largest absolute Gasteiger partial charge is 0.456 e. The maximum absolute atomic E-state index is 7.35. The summed E-state index contributed by atoms with van der Waals surface area (Å²) in [5.74, 6) is 3.33. The molecule has 0 radical (unpaired) electrons.